The molecule has 10 nitrogen and oxygen atoms in total. The van der Waals surface area contributed by atoms with Gasteiger partial charge in [-0.15, -0.1) is 0 Å². The van der Waals surface area contributed by atoms with Crippen LogP contribution in [0.3, 0.4) is 0 Å². The van der Waals surface area contributed by atoms with Gasteiger partial charge in [0, 0.05) is 18.3 Å². The van der Waals surface area contributed by atoms with Crippen molar-refractivity contribution in [2.75, 3.05) is 0 Å². The van der Waals surface area contributed by atoms with E-state index in [9.17, 15) is 24.6 Å². The number of aromatic hydroxyl groups is 1. The highest BCUT2D eigenvalue weighted by atomic mass is 16.4. The number of amides is 2. The maximum absolute atomic E-state index is 12.8. The molecule has 162 valence electrons. The van der Waals surface area contributed by atoms with Gasteiger partial charge in [0.25, 0.3) is 0 Å². The smallest absolute Gasteiger partial charge is 0.326 e. The number of carboxylic acids is 1. The molecule has 1 aromatic carbocycles. The third-order valence-corrected chi connectivity index (χ3v) is 4.57. The van der Waals surface area contributed by atoms with E-state index in [1.54, 1.807) is 26.0 Å². The first-order valence-corrected chi connectivity index (χ1v) is 9.51. The molecular formula is C20H27N5O5. The summed E-state index contributed by atoms with van der Waals surface area (Å²) in [5.74, 6) is -2.58. The second kappa shape index (κ2) is 10.4. The molecule has 0 saturated heterocycles. The number of imidazole rings is 1. The van der Waals surface area contributed by atoms with Crippen molar-refractivity contribution in [3.05, 3.63) is 48.0 Å². The zero-order chi connectivity index (χ0) is 22.3. The Morgan fingerprint density at radius 2 is 1.77 bits per heavy atom. The molecule has 1 aromatic heterocycles. The number of nitrogens with one attached hydrogen (secondary N) is 3. The van der Waals surface area contributed by atoms with Crippen molar-refractivity contribution in [2.24, 2.45) is 11.7 Å². The Bertz CT molecular complexity index is 851. The summed E-state index contributed by atoms with van der Waals surface area (Å²) >= 11 is 0. The third kappa shape index (κ3) is 6.59. The number of aliphatic carboxylic acids is 1. The predicted molar refractivity (Wildman–Crippen MR) is 108 cm³/mol. The average molecular weight is 417 g/mol. The fraction of sp³-hybridized carbons (Fsp3) is 0.400. The predicted octanol–water partition coefficient (Wildman–Crippen LogP) is -0.0620. The summed E-state index contributed by atoms with van der Waals surface area (Å²) < 4.78 is 0. The summed E-state index contributed by atoms with van der Waals surface area (Å²) in [7, 11) is 0. The Kier molecular flexibility index (Phi) is 7.93. The van der Waals surface area contributed by atoms with Crippen molar-refractivity contribution in [2.45, 2.75) is 44.8 Å². The summed E-state index contributed by atoms with van der Waals surface area (Å²) in [4.78, 5) is 43.5. The molecule has 0 fully saturated rings. The van der Waals surface area contributed by atoms with E-state index < -0.39 is 35.9 Å². The Balaban J connectivity index is 2.09. The van der Waals surface area contributed by atoms with Gasteiger partial charge in [-0.3, -0.25) is 9.59 Å². The molecule has 2 rings (SSSR count). The number of benzene rings is 1. The van der Waals surface area contributed by atoms with E-state index in [2.05, 4.69) is 20.6 Å². The molecule has 2 amide bonds. The topological polar surface area (TPSA) is 170 Å². The van der Waals surface area contributed by atoms with Crippen LogP contribution in [0.4, 0.5) is 0 Å². The second-order valence-electron chi connectivity index (χ2n) is 7.39. The fourth-order valence-electron chi connectivity index (χ4n) is 2.85. The number of nitrogens with two attached hydrogens (primary N) is 1. The van der Waals surface area contributed by atoms with Crippen LogP contribution in [0.5, 0.6) is 5.75 Å². The lowest BCUT2D eigenvalue weighted by molar-refractivity contribution is -0.143. The molecule has 2 aromatic rings. The molecule has 30 heavy (non-hydrogen) atoms. The zero-order valence-electron chi connectivity index (χ0n) is 16.8. The van der Waals surface area contributed by atoms with Crippen LogP contribution in [0.1, 0.15) is 25.1 Å². The van der Waals surface area contributed by atoms with Gasteiger partial charge in [0.05, 0.1) is 12.4 Å². The third-order valence-electron chi connectivity index (χ3n) is 4.57. The first-order valence-electron chi connectivity index (χ1n) is 9.51. The van der Waals surface area contributed by atoms with Gasteiger partial charge in [-0.2, -0.15) is 0 Å². The lowest BCUT2D eigenvalue weighted by Crippen LogP contribution is -2.56. The molecule has 0 spiro atoms. The molecular weight excluding hydrogens is 390 g/mol. The first kappa shape index (κ1) is 22.9. The largest absolute Gasteiger partial charge is 0.508 e. The average Bonchev–Trinajstić information content (AvgIpc) is 3.19. The molecule has 1 heterocycles. The summed E-state index contributed by atoms with van der Waals surface area (Å²) in [5.41, 5.74) is 7.33. The molecule has 7 N–H and O–H groups in total. The van der Waals surface area contributed by atoms with Gasteiger partial charge in [-0.1, -0.05) is 26.0 Å². The minimum Gasteiger partial charge on any atom is -0.508 e. The van der Waals surface area contributed by atoms with Crippen LogP contribution in [-0.2, 0) is 27.2 Å². The molecule has 10 heteroatoms. The minimum atomic E-state index is -1.16. The molecule has 0 aliphatic carbocycles. The Morgan fingerprint density at radius 1 is 1.10 bits per heavy atom. The monoisotopic (exact) mass is 417 g/mol. The van der Waals surface area contributed by atoms with Crippen LogP contribution in [0.2, 0.25) is 0 Å². The number of aromatic amines is 1. The van der Waals surface area contributed by atoms with Crippen LogP contribution < -0.4 is 16.4 Å². The van der Waals surface area contributed by atoms with E-state index >= 15 is 0 Å². The Morgan fingerprint density at radius 3 is 2.30 bits per heavy atom. The standard InChI is InChI=1S/C20H27N5O5/c1-11(2)17(20(29)30)25-19(28)16(8-13-9-22-10-23-13)24-18(27)15(21)7-12-3-5-14(26)6-4-12/h3-6,9-11,15-17,26H,7-8,21H2,1-2H3,(H,22,23)(H,24,27)(H,25,28)(H,29,30). The number of hydrogen-bond acceptors (Lipinski definition) is 6. The van der Waals surface area contributed by atoms with Crippen LogP contribution in [0.15, 0.2) is 36.8 Å². The fourth-order valence-corrected chi connectivity index (χ4v) is 2.85. The van der Waals surface area contributed by atoms with Crippen molar-refractivity contribution in [3.63, 3.8) is 0 Å². The van der Waals surface area contributed by atoms with Crippen molar-refractivity contribution in [3.8, 4) is 5.75 Å². The van der Waals surface area contributed by atoms with E-state index in [1.165, 1.54) is 24.7 Å². The second-order valence-corrected chi connectivity index (χ2v) is 7.39. The van der Waals surface area contributed by atoms with E-state index in [1.807, 2.05) is 0 Å². The summed E-state index contributed by atoms with van der Waals surface area (Å²) in [5, 5.41) is 23.8. The SMILES string of the molecule is CC(C)C(NC(=O)C(Cc1cnc[nH]1)NC(=O)C(N)Cc1ccc(O)cc1)C(=O)O. The number of phenols is 1. The minimum absolute atomic E-state index is 0.0912. The number of aromatic nitrogens is 2. The van der Waals surface area contributed by atoms with Gasteiger partial charge in [-0.05, 0) is 30.0 Å². The van der Waals surface area contributed by atoms with Gasteiger partial charge >= 0.3 is 5.97 Å². The molecule has 0 aliphatic rings. The number of nitrogens with zero attached hydrogens (tertiary/aromatic N) is 1. The lowest BCUT2D eigenvalue weighted by atomic mass is 10.0. The van der Waals surface area contributed by atoms with Gasteiger partial charge < -0.3 is 31.6 Å². The highest BCUT2D eigenvalue weighted by Gasteiger charge is 2.30. The molecule has 0 bridgehead atoms. The number of phenolic OH excluding ortho intramolecular Hbond substituents is 1. The van der Waals surface area contributed by atoms with Crippen LogP contribution in [0.25, 0.3) is 0 Å². The van der Waals surface area contributed by atoms with Gasteiger partial charge in [-0.25, -0.2) is 9.78 Å². The quantitative estimate of drug-likeness (QED) is 0.314. The van der Waals surface area contributed by atoms with E-state index in [0.717, 1.165) is 5.56 Å². The number of rotatable bonds is 10. The Labute approximate surface area is 173 Å². The van der Waals surface area contributed by atoms with Crippen molar-refractivity contribution in [1.29, 1.82) is 0 Å². The molecule has 0 radical (unpaired) electrons. The maximum atomic E-state index is 12.8. The number of H-pyrrole nitrogens is 1. The van der Waals surface area contributed by atoms with Gasteiger partial charge in [0.2, 0.25) is 11.8 Å². The number of carbonyl (C=O) groups is 3. The van der Waals surface area contributed by atoms with Gasteiger partial charge in [0.15, 0.2) is 0 Å². The van der Waals surface area contributed by atoms with Gasteiger partial charge in [0.1, 0.15) is 17.8 Å². The van der Waals surface area contributed by atoms with Crippen molar-refractivity contribution in [1.82, 2.24) is 20.6 Å². The molecule has 3 atom stereocenters. The van der Waals surface area contributed by atoms with Crippen LogP contribution in [0, 0.1) is 5.92 Å². The van der Waals surface area contributed by atoms with Crippen molar-refractivity contribution >= 4 is 17.8 Å². The van der Waals surface area contributed by atoms with Crippen LogP contribution in [-0.4, -0.2) is 56.1 Å². The first-order chi connectivity index (χ1) is 14.2. The van der Waals surface area contributed by atoms with E-state index in [4.69, 9.17) is 5.73 Å². The Hall–Kier alpha value is -3.40. The normalized spacial score (nSPS) is 14.0. The van der Waals surface area contributed by atoms with Crippen molar-refractivity contribution < 1.29 is 24.6 Å². The zero-order valence-corrected chi connectivity index (χ0v) is 16.8. The van der Waals surface area contributed by atoms with E-state index in [-0.39, 0.29) is 24.5 Å². The highest BCUT2D eigenvalue weighted by molar-refractivity contribution is 5.92. The summed E-state index contributed by atoms with van der Waals surface area (Å²) in [6.45, 7) is 3.35. The molecule has 0 aliphatic heterocycles. The van der Waals surface area contributed by atoms with Crippen LogP contribution >= 0.6 is 0 Å². The number of hydrogen-bond donors (Lipinski definition) is 6. The lowest BCUT2D eigenvalue weighted by Gasteiger charge is -2.24. The van der Waals surface area contributed by atoms with E-state index in [0.29, 0.717) is 5.69 Å². The highest BCUT2D eigenvalue weighted by Crippen LogP contribution is 2.11. The molecule has 0 saturated carbocycles. The molecule has 3 unspecified atom stereocenters. The summed E-state index contributed by atoms with van der Waals surface area (Å²) in [6.07, 6.45) is 3.25. The number of carboxylic acid groups (broad SMARTS) is 1. The summed E-state index contributed by atoms with van der Waals surface area (Å²) in [6, 6.07) is 3.22. The maximum Gasteiger partial charge on any atom is 0.326 e. The number of carbonyl (C=O) groups excluding carboxylic acids is 2.